The molecule has 0 radical (unpaired) electrons. The number of methoxy groups -OCH3 is 1. The Morgan fingerprint density at radius 1 is 1.50 bits per heavy atom. The first-order valence-corrected chi connectivity index (χ1v) is 3.01. The highest BCUT2D eigenvalue weighted by Crippen LogP contribution is 2.17. The maximum Gasteiger partial charge on any atom is 0.166 e. The molecule has 0 aliphatic carbocycles. The van der Waals surface area contributed by atoms with E-state index in [1.807, 2.05) is 13.0 Å². The first-order valence-electron chi connectivity index (χ1n) is 3.01. The molecule has 0 fully saturated rings. The maximum absolute atomic E-state index is 5.50. The van der Waals surface area contributed by atoms with Crippen LogP contribution in [0.25, 0.3) is 0 Å². The second-order valence-electron chi connectivity index (χ2n) is 2.04. The topological polar surface area (TPSA) is 48.1 Å². The fraction of sp³-hybridized carbons (Fsp3) is 0.286. The monoisotopic (exact) mass is 138 g/mol. The third kappa shape index (κ3) is 1.18. The molecule has 1 rings (SSSR count). The van der Waals surface area contributed by atoms with Gasteiger partial charge in [-0.2, -0.15) is 0 Å². The van der Waals surface area contributed by atoms with Crippen molar-refractivity contribution in [3.05, 3.63) is 17.8 Å². The van der Waals surface area contributed by atoms with Crippen LogP contribution in [0.4, 0.5) is 5.82 Å². The minimum absolute atomic E-state index is 0.447. The van der Waals surface area contributed by atoms with E-state index in [9.17, 15) is 0 Å². The molecule has 1 heterocycles. The quantitative estimate of drug-likeness (QED) is 0.629. The lowest BCUT2D eigenvalue weighted by atomic mass is 10.3. The number of hydrogen-bond acceptors (Lipinski definition) is 3. The van der Waals surface area contributed by atoms with Crippen LogP contribution in [0.15, 0.2) is 12.1 Å². The minimum Gasteiger partial charge on any atom is -0.493 e. The molecule has 0 atom stereocenters. The summed E-state index contributed by atoms with van der Waals surface area (Å²) in [6.45, 7) is 1.88. The summed E-state index contributed by atoms with van der Waals surface area (Å²) in [6, 6.07) is 3.66. The number of aryl methyl sites for hydroxylation is 1. The Labute approximate surface area is 59.8 Å². The van der Waals surface area contributed by atoms with Crippen LogP contribution in [0, 0.1) is 6.92 Å². The van der Waals surface area contributed by atoms with Gasteiger partial charge in [0.1, 0.15) is 0 Å². The van der Waals surface area contributed by atoms with Crippen molar-refractivity contribution in [2.45, 2.75) is 6.92 Å². The largest absolute Gasteiger partial charge is 0.493 e. The predicted octanol–water partition coefficient (Wildman–Crippen LogP) is 0.981. The molecule has 54 valence electrons. The van der Waals surface area contributed by atoms with Crippen molar-refractivity contribution in [3.8, 4) is 5.75 Å². The Morgan fingerprint density at radius 2 is 2.20 bits per heavy atom. The van der Waals surface area contributed by atoms with E-state index in [0.29, 0.717) is 11.6 Å². The lowest BCUT2D eigenvalue weighted by Gasteiger charge is -2.02. The number of rotatable bonds is 1. The number of anilines is 1. The number of aromatic nitrogens is 1. The standard InChI is InChI=1S/C7H10N2O/c1-5-3-4-6(10-2)7(8)9-5/h3-4H,1-2H3,(H2,8,9). The summed E-state index contributed by atoms with van der Waals surface area (Å²) in [7, 11) is 1.57. The van der Waals surface area contributed by atoms with Gasteiger partial charge in [-0.1, -0.05) is 0 Å². The average molecular weight is 138 g/mol. The summed E-state index contributed by atoms with van der Waals surface area (Å²) in [4.78, 5) is 4.00. The minimum atomic E-state index is 0.447. The summed E-state index contributed by atoms with van der Waals surface area (Å²) in [6.07, 6.45) is 0. The van der Waals surface area contributed by atoms with Gasteiger partial charge < -0.3 is 10.5 Å². The van der Waals surface area contributed by atoms with Crippen molar-refractivity contribution < 1.29 is 4.74 Å². The highest BCUT2D eigenvalue weighted by molar-refractivity contribution is 5.45. The van der Waals surface area contributed by atoms with Gasteiger partial charge in [-0.05, 0) is 19.1 Å². The van der Waals surface area contributed by atoms with Crippen LogP contribution in [-0.2, 0) is 0 Å². The zero-order valence-electron chi connectivity index (χ0n) is 6.09. The van der Waals surface area contributed by atoms with Crippen LogP contribution in [0.3, 0.4) is 0 Å². The lowest BCUT2D eigenvalue weighted by Crippen LogP contribution is -1.96. The molecular formula is C7H10N2O. The van der Waals surface area contributed by atoms with E-state index in [4.69, 9.17) is 10.5 Å². The molecule has 0 aliphatic rings. The average Bonchev–Trinajstić information content (AvgIpc) is 1.88. The summed E-state index contributed by atoms with van der Waals surface area (Å²) < 4.78 is 4.91. The molecule has 0 spiro atoms. The van der Waals surface area contributed by atoms with Crippen molar-refractivity contribution in [1.29, 1.82) is 0 Å². The van der Waals surface area contributed by atoms with E-state index < -0.39 is 0 Å². The van der Waals surface area contributed by atoms with Crippen molar-refractivity contribution in [1.82, 2.24) is 4.98 Å². The SMILES string of the molecule is COc1ccc(C)nc1N. The maximum atomic E-state index is 5.50. The lowest BCUT2D eigenvalue weighted by molar-refractivity contribution is 0.415. The molecule has 10 heavy (non-hydrogen) atoms. The Hall–Kier alpha value is -1.25. The molecule has 0 bridgehead atoms. The summed E-state index contributed by atoms with van der Waals surface area (Å²) in [5.41, 5.74) is 6.40. The van der Waals surface area contributed by atoms with Crippen molar-refractivity contribution in [2.75, 3.05) is 12.8 Å². The fourth-order valence-corrected chi connectivity index (χ4v) is 0.737. The molecule has 2 N–H and O–H groups in total. The number of ether oxygens (including phenoxy) is 1. The number of hydrogen-bond donors (Lipinski definition) is 1. The van der Waals surface area contributed by atoms with Crippen molar-refractivity contribution >= 4 is 5.82 Å². The molecular weight excluding hydrogens is 128 g/mol. The van der Waals surface area contributed by atoms with Gasteiger partial charge in [-0.25, -0.2) is 4.98 Å². The molecule has 0 saturated carbocycles. The molecule has 0 saturated heterocycles. The number of nitrogen functional groups attached to an aromatic ring is 1. The van der Waals surface area contributed by atoms with Gasteiger partial charge in [0, 0.05) is 5.69 Å². The molecule has 0 amide bonds. The van der Waals surface area contributed by atoms with Gasteiger partial charge in [0.2, 0.25) is 0 Å². The Kier molecular flexibility index (Phi) is 1.76. The number of pyridine rings is 1. The second-order valence-corrected chi connectivity index (χ2v) is 2.04. The first-order chi connectivity index (χ1) is 4.74. The van der Waals surface area contributed by atoms with Crippen molar-refractivity contribution in [2.24, 2.45) is 0 Å². The molecule has 1 aromatic rings. The Bertz CT molecular complexity index is 235. The summed E-state index contributed by atoms with van der Waals surface area (Å²) in [5, 5.41) is 0. The van der Waals surface area contributed by atoms with Gasteiger partial charge in [0.15, 0.2) is 11.6 Å². The Balaban J connectivity index is 3.07. The van der Waals surface area contributed by atoms with Gasteiger partial charge >= 0.3 is 0 Å². The molecule has 3 heteroatoms. The van der Waals surface area contributed by atoms with Crippen LogP contribution in [-0.4, -0.2) is 12.1 Å². The normalized spacial score (nSPS) is 9.40. The van der Waals surface area contributed by atoms with Crippen LogP contribution in [0.2, 0.25) is 0 Å². The zero-order valence-corrected chi connectivity index (χ0v) is 6.09. The first kappa shape index (κ1) is 6.86. The van der Waals surface area contributed by atoms with Crippen LogP contribution in [0.5, 0.6) is 5.75 Å². The van der Waals surface area contributed by atoms with E-state index in [1.165, 1.54) is 0 Å². The molecule has 3 nitrogen and oxygen atoms in total. The highest BCUT2D eigenvalue weighted by atomic mass is 16.5. The fourth-order valence-electron chi connectivity index (χ4n) is 0.737. The zero-order chi connectivity index (χ0) is 7.56. The van der Waals surface area contributed by atoms with E-state index in [0.717, 1.165) is 5.69 Å². The van der Waals surface area contributed by atoms with Gasteiger partial charge in [0.05, 0.1) is 7.11 Å². The van der Waals surface area contributed by atoms with E-state index in [1.54, 1.807) is 13.2 Å². The van der Waals surface area contributed by atoms with Crippen molar-refractivity contribution in [3.63, 3.8) is 0 Å². The second kappa shape index (κ2) is 2.56. The van der Waals surface area contributed by atoms with Gasteiger partial charge in [0.25, 0.3) is 0 Å². The smallest absolute Gasteiger partial charge is 0.166 e. The molecule has 0 aromatic carbocycles. The van der Waals surface area contributed by atoms with Crippen LogP contribution < -0.4 is 10.5 Å². The predicted molar refractivity (Wildman–Crippen MR) is 39.9 cm³/mol. The number of nitrogens with zero attached hydrogens (tertiary/aromatic N) is 1. The summed E-state index contributed by atoms with van der Waals surface area (Å²) in [5.74, 6) is 1.08. The van der Waals surface area contributed by atoms with E-state index in [-0.39, 0.29) is 0 Å². The molecule has 0 unspecified atom stereocenters. The molecule has 1 aromatic heterocycles. The van der Waals surface area contributed by atoms with E-state index in [2.05, 4.69) is 4.98 Å². The number of nitrogens with two attached hydrogens (primary N) is 1. The third-order valence-corrected chi connectivity index (χ3v) is 1.25. The third-order valence-electron chi connectivity index (χ3n) is 1.25. The van der Waals surface area contributed by atoms with Crippen LogP contribution >= 0.6 is 0 Å². The van der Waals surface area contributed by atoms with Crippen LogP contribution in [0.1, 0.15) is 5.69 Å². The van der Waals surface area contributed by atoms with Gasteiger partial charge in [-0.15, -0.1) is 0 Å². The highest BCUT2D eigenvalue weighted by Gasteiger charge is 1.97. The van der Waals surface area contributed by atoms with E-state index >= 15 is 0 Å². The van der Waals surface area contributed by atoms with Gasteiger partial charge in [-0.3, -0.25) is 0 Å². The molecule has 0 aliphatic heterocycles. The summed E-state index contributed by atoms with van der Waals surface area (Å²) >= 11 is 0. The Morgan fingerprint density at radius 3 is 2.70 bits per heavy atom.